The number of nitrogens with zero attached hydrogens (tertiary/aromatic N) is 3. The number of benzene rings is 5. The lowest BCUT2D eigenvalue weighted by Gasteiger charge is -2.10. The monoisotopic (exact) mass is 567 g/mol. The summed E-state index contributed by atoms with van der Waals surface area (Å²) in [4.78, 5) is 15.0. The van der Waals surface area contributed by atoms with Gasteiger partial charge >= 0.3 is 0 Å². The summed E-state index contributed by atoms with van der Waals surface area (Å²) in [6, 6.07) is 36.2. The van der Waals surface area contributed by atoms with Crippen molar-refractivity contribution in [3.63, 3.8) is 0 Å². The van der Waals surface area contributed by atoms with E-state index in [0.717, 1.165) is 65.0 Å². The van der Waals surface area contributed by atoms with Crippen LogP contribution < -0.4 is 0 Å². The van der Waals surface area contributed by atoms with Gasteiger partial charge in [0.15, 0.2) is 17.5 Å². The second kappa shape index (κ2) is 8.61. The molecule has 0 aliphatic heterocycles. The number of hydrogen-bond donors (Lipinski definition) is 0. The molecule has 0 saturated carbocycles. The van der Waals surface area contributed by atoms with Gasteiger partial charge in [0.1, 0.15) is 22.3 Å². The Balaban J connectivity index is 1.44. The molecule has 0 unspecified atom stereocenters. The number of aromatic nitrogens is 3. The minimum Gasteiger partial charge on any atom is -0.456 e. The first-order chi connectivity index (χ1) is 19.2. The van der Waals surface area contributed by atoms with E-state index in [9.17, 15) is 0 Å². The topological polar surface area (TPSA) is 65.0 Å². The first-order valence-electron chi connectivity index (χ1n) is 12.6. The van der Waals surface area contributed by atoms with E-state index in [1.54, 1.807) is 0 Å². The van der Waals surface area contributed by atoms with Crippen LogP contribution in [-0.2, 0) is 0 Å². The molecule has 0 spiro atoms. The Hall–Kier alpha value is -4.81. The summed E-state index contributed by atoms with van der Waals surface area (Å²) < 4.78 is 13.4. The highest BCUT2D eigenvalue weighted by Crippen LogP contribution is 2.38. The molecule has 8 aromatic rings. The molecule has 8 rings (SSSR count). The minimum absolute atomic E-state index is 0.546. The van der Waals surface area contributed by atoms with Crippen molar-refractivity contribution in [2.75, 3.05) is 0 Å². The summed E-state index contributed by atoms with van der Waals surface area (Å²) in [5.74, 6) is 1.69. The zero-order valence-corrected chi connectivity index (χ0v) is 22.0. The summed E-state index contributed by atoms with van der Waals surface area (Å²) in [6.45, 7) is 0. The van der Waals surface area contributed by atoms with Gasteiger partial charge in [-0.2, -0.15) is 0 Å². The number of hydrogen-bond acceptors (Lipinski definition) is 5. The third-order valence-corrected chi connectivity index (χ3v) is 7.50. The third kappa shape index (κ3) is 3.56. The Morgan fingerprint density at radius 3 is 1.95 bits per heavy atom. The van der Waals surface area contributed by atoms with Crippen molar-refractivity contribution in [1.82, 2.24) is 15.0 Å². The van der Waals surface area contributed by atoms with E-state index in [4.69, 9.17) is 23.8 Å². The van der Waals surface area contributed by atoms with E-state index >= 15 is 0 Å². The first-order valence-corrected chi connectivity index (χ1v) is 13.4. The number of rotatable bonds is 3. The highest BCUT2D eigenvalue weighted by Gasteiger charge is 2.20. The van der Waals surface area contributed by atoms with Gasteiger partial charge in [0, 0.05) is 37.1 Å². The van der Waals surface area contributed by atoms with Crippen LogP contribution in [0.2, 0.25) is 0 Å². The second-order valence-electron chi connectivity index (χ2n) is 9.37. The predicted octanol–water partition coefficient (Wildman–Crippen LogP) is 9.43. The van der Waals surface area contributed by atoms with E-state index in [2.05, 4.69) is 34.1 Å². The molecular weight excluding hydrogens is 550 g/mol. The Labute approximate surface area is 230 Å². The zero-order valence-electron chi connectivity index (χ0n) is 20.4. The van der Waals surface area contributed by atoms with Crippen molar-refractivity contribution in [3.05, 3.63) is 114 Å². The molecule has 5 aromatic carbocycles. The Kier molecular flexibility index (Phi) is 4.90. The fraction of sp³-hybridized carbons (Fsp3) is 0. The Morgan fingerprint density at radius 1 is 0.487 bits per heavy atom. The molecule has 5 nitrogen and oxygen atoms in total. The van der Waals surface area contributed by atoms with Crippen LogP contribution in [-0.4, -0.2) is 15.0 Å². The molecule has 0 N–H and O–H groups in total. The standard InChI is InChI=1S/C33H18BrN3O2/c34-20-9-5-8-19(18-20)31-35-32(24-13-7-17-28-29(24)23-11-2-4-16-27(23)38-28)37-33(36-31)25-14-6-12-22-21-10-1-3-15-26(21)39-30(22)25/h1-18H. The van der Waals surface area contributed by atoms with Gasteiger partial charge in [0.2, 0.25) is 0 Å². The first kappa shape index (κ1) is 22.2. The Morgan fingerprint density at radius 2 is 1.10 bits per heavy atom. The second-order valence-corrected chi connectivity index (χ2v) is 10.3. The van der Waals surface area contributed by atoms with Crippen molar-refractivity contribution in [3.8, 4) is 34.2 Å². The van der Waals surface area contributed by atoms with E-state index in [0.29, 0.717) is 17.5 Å². The number of para-hydroxylation sites is 3. The minimum atomic E-state index is 0.546. The normalized spacial score (nSPS) is 11.7. The van der Waals surface area contributed by atoms with Gasteiger partial charge in [-0.3, -0.25) is 0 Å². The quantitative estimate of drug-likeness (QED) is 0.212. The highest BCUT2D eigenvalue weighted by molar-refractivity contribution is 9.10. The van der Waals surface area contributed by atoms with E-state index in [-0.39, 0.29) is 0 Å². The van der Waals surface area contributed by atoms with Gasteiger partial charge in [-0.05, 0) is 36.4 Å². The summed E-state index contributed by atoms with van der Waals surface area (Å²) >= 11 is 3.59. The lowest BCUT2D eigenvalue weighted by atomic mass is 10.0. The smallest absolute Gasteiger partial charge is 0.167 e. The van der Waals surface area contributed by atoms with Gasteiger partial charge in [-0.15, -0.1) is 0 Å². The predicted molar refractivity (Wildman–Crippen MR) is 158 cm³/mol. The fourth-order valence-electron chi connectivity index (χ4n) is 5.26. The van der Waals surface area contributed by atoms with Crippen LogP contribution in [0.15, 0.2) is 123 Å². The molecule has 0 atom stereocenters. The molecule has 0 radical (unpaired) electrons. The highest BCUT2D eigenvalue weighted by atomic mass is 79.9. The summed E-state index contributed by atoms with van der Waals surface area (Å²) in [5, 5.41) is 4.09. The van der Waals surface area contributed by atoms with Crippen LogP contribution in [0.3, 0.4) is 0 Å². The molecule has 0 aliphatic rings. The van der Waals surface area contributed by atoms with Crippen LogP contribution in [0.1, 0.15) is 0 Å². The molecule has 6 heteroatoms. The van der Waals surface area contributed by atoms with Gasteiger partial charge in [0.05, 0.1) is 5.56 Å². The molecular formula is C33H18BrN3O2. The van der Waals surface area contributed by atoms with Crippen LogP contribution in [0, 0.1) is 0 Å². The third-order valence-electron chi connectivity index (χ3n) is 7.01. The van der Waals surface area contributed by atoms with Gasteiger partial charge in [0.25, 0.3) is 0 Å². The molecule has 3 aromatic heterocycles. The maximum atomic E-state index is 6.34. The largest absolute Gasteiger partial charge is 0.456 e. The SMILES string of the molecule is Brc1cccc(-c2nc(-c3cccc4c3oc3ccccc34)nc(-c3cccc4oc5ccccc5c34)n2)c1. The average Bonchev–Trinajstić information content (AvgIpc) is 3.55. The van der Waals surface area contributed by atoms with Crippen molar-refractivity contribution in [2.24, 2.45) is 0 Å². The molecule has 0 saturated heterocycles. The summed E-state index contributed by atoms with van der Waals surface area (Å²) in [5.41, 5.74) is 5.78. The molecule has 184 valence electrons. The van der Waals surface area contributed by atoms with E-state index in [1.165, 1.54) is 0 Å². The lowest BCUT2D eigenvalue weighted by molar-refractivity contribution is 0.668. The molecule has 0 aliphatic carbocycles. The van der Waals surface area contributed by atoms with Gasteiger partial charge in [-0.25, -0.2) is 15.0 Å². The van der Waals surface area contributed by atoms with Gasteiger partial charge < -0.3 is 8.83 Å². The van der Waals surface area contributed by atoms with Crippen molar-refractivity contribution >= 4 is 59.8 Å². The maximum absolute atomic E-state index is 6.34. The number of halogens is 1. The fourth-order valence-corrected chi connectivity index (χ4v) is 5.66. The number of furan rings is 2. The van der Waals surface area contributed by atoms with E-state index in [1.807, 2.05) is 91.0 Å². The number of fused-ring (bicyclic) bond motifs is 6. The molecule has 0 amide bonds. The molecule has 3 heterocycles. The lowest BCUT2D eigenvalue weighted by Crippen LogP contribution is -2.00. The zero-order chi connectivity index (χ0) is 25.9. The van der Waals surface area contributed by atoms with Crippen molar-refractivity contribution in [1.29, 1.82) is 0 Å². The van der Waals surface area contributed by atoms with Crippen LogP contribution >= 0.6 is 15.9 Å². The van der Waals surface area contributed by atoms with Crippen LogP contribution in [0.25, 0.3) is 78.0 Å². The van der Waals surface area contributed by atoms with Crippen molar-refractivity contribution < 1.29 is 8.83 Å². The van der Waals surface area contributed by atoms with Crippen LogP contribution in [0.4, 0.5) is 0 Å². The van der Waals surface area contributed by atoms with E-state index < -0.39 is 0 Å². The molecule has 0 fully saturated rings. The van der Waals surface area contributed by atoms with Crippen molar-refractivity contribution in [2.45, 2.75) is 0 Å². The molecule has 39 heavy (non-hydrogen) atoms. The summed E-state index contributed by atoms with van der Waals surface area (Å²) in [7, 11) is 0. The average molecular weight is 568 g/mol. The van der Waals surface area contributed by atoms with Gasteiger partial charge in [-0.1, -0.05) is 88.7 Å². The molecule has 0 bridgehead atoms. The summed E-state index contributed by atoms with van der Waals surface area (Å²) in [6.07, 6.45) is 0. The Bertz CT molecular complexity index is 2210. The maximum Gasteiger partial charge on any atom is 0.167 e. The van der Waals surface area contributed by atoms with Crippen LogP contribution in [0.5, 0.6) is 0 Å².